The van der Waals surface area contributed by atoms with E-state index in [-0.39, 0.29) is 11.6 Å². The van der Waals surface area contributed by atoms with Crippen LogP contribution in [0.3, 0.4) is 0 Å². The fraction of sp³-hybridized carbons (Fsp3) is 0.842. The van der Waals surface area contributed by atoms with Crippen LogP contribution in [-0.4, -0.2) is 47.4 Å². The number of esters is 1. The zero-order valence-electron chi connectivity index (χ0n) is 17.7. The summed E-state index contributed by atoms with van der Waals surface area (Å²) in [7, 11) is 0. The number of halogens is 13. The number of rotatable bonds is 7. The Hall–Kier alpha value is -1.70. The average Bonchev–Trinajstić information content (AvgIpc) is 3.27. The number of hydrogen-bond acceptors (Lipinski definition) is 2. The first-order valence-corrected chi connectivity index (χ1v) is 9.76. The highest BCUT2D eigenvalue weighted by molar-refractivity contribution is 5.81. The van der Waals surface area contributed by atoms with E-state index in [9.17, 15) is 61.9 Å². The predicted octanol–water partition coefficient (Wildman–Crippen LogP) is 7.43. The maximum Gasteiger partial charge on any atom is 0.460 e. The fourth-order valence-corrected chi connectivity index (χ4v) is 4.11. The van der Waals surface area contributed by atoms with Crippen LogP contribution in [0.1, 0.15) is 46.0 Å². The van der Waals surface area contributed by atoms with E-state index in [0.29, 0.717) is 5.92 Å². The molecule has 0 aromatic heterocycles. The van der Waals surface area contributed by atoms with E-state index in [2.05, 4.69) is 13.5 Å². The summed E-state index contributed by atoms with van der Waals surface area (Å²) in [6.45, 7) is 4.54. The lowest BCUT2D eigenvalue weighted by atomic mass is 9.82. The minimum absolute atomic E-state index is 0.145. The van der Waals surface area contributed by atoms with E-state index in [1.54, 1.807) is 0 Å². The molecule has 200 valence electrons. The molecule has 2 bridgehead atoms. The van der Waals surface area contributed by atoms with Crippen LogP contribution in [0.15, 0.2) is 12.7 Å². The molecule has 2 saturated carbocycles. The highest BCUT2D eigenvalue weighted by Crippen LogP contribution is 2.60. The van der Waals surface area contributed by atoms with Gasteiger partial charge in [0, 0.05) is 13.0 Å². The van der Waals surface area contributed by atoms with Crippen LogP contribution in [0.5, 0.6) is 0 Å². The second-order valence-electron chi connectivity index (χ2n) is 8.31. The second kappa shape index (κ2) is 9.07. The van der Waals surface area contributed by atoms with Gasteiger partial charge in [-0.2, -0.15) is 57.1 Å². The molecule has 2 aliphatic carbocycles. The number of hydrogen-bond donors (Lipinski definition) is 0. The molecule has 0 N–H and O–H groups in total. The molecule has 2 aliphatic rings. The molecule has 3 unspecified atom stereocenters. The molecule has 34 heavy (non-hydrogen) atoms. The summed E-state index contributed by atoms with van der Waals surface area (Å²) < 4.78 is 164. The van der Waals surface area contributed by atoms with Gasteiger partial charge in [-0.05, 0) is 43.9 Å². The first-order valence-electron chi connectivity index (χ1n) is 9.76. The van der Waals surface area contributed by atoms with Gasteiger partial charge in [-0.3, -0.25) is 0 Å². The van der Waals surface area contributed by atoms with Gasteiger partial charge in [0.05, 0.1) is 0 Å². The summed E-state index contributed by atoms with van der Waals surface area (Å²) in [4.78, 5) is 11.3. The molecule has 0 saturated heterocycles. The van der Waals surface area contributed by atoms with Crippen molar-refractivity contribution in [1.82, 2.24) is 0 Å². The predicted molar refractivity (Wildman–Crippen MR) is 91.2 cm³/mol. The van der Waals surface area contributed by atoms with Crippen molar-refractivity contribution < 1.29 is 66.6 Å². The van der Waals surface area contributed by atoms with E-state index in [1.165, 1.54) is 25.3 Å². The van der Waals surface area contributed by atoms with Crippen molar-refractivity contribution in [1.29, 1.82) is 0 Å². The summed E-state index contributed by atoms with van der Waals surface area (Å²) in [6, 6.07) is 0. The highest BCUT2D eigenvalue weighted by atomic mass is 19.4. The smallest absolute Gasteiger partial charge is 0.456 e. The highest BCUT2D eigenvalue weighted by Gasteiger charge is 2.90. The maximum atomic E-state index is 12.5. The largest absolute Gasteiger partial charge is 0.460 e. The number of ether oxygens (including phenoxy) is 1. The molecule has 0 aromatic rings. The monoisotopic (exact) mass is 528 g/mol. The third-order valence-corrected chi connectivity index (χ3v) is 6.08. The summed E-state index contributed by atoms with van der Waals surface area (Å²) in [5.74, 6) is -35.1. The van der Waals surface area contributed by atoms with Crippen molar-refractivity contribution in [2.45, 2.75) is 87.3 Å². The number of fused-ring (bicyclic) bond motifs is 2. The van der Waals surface area contributed by atoms with Crippen molar-refractivity contribution in [3.63, 3.8) is 0 Å². The SMILES string of the molecule is C=CC(=O)OC1(CC)CC2CCC1C2.CC(F)(F)C(F)(F)C(F)(F)C(F)(F)C(F)(F)C(F)(F)F. The molecule has 2 rings (SSSR count). The van der Waals surface area contributed by atoms with Gasteiger partial charge in [0.2, 0.25) is 0 Å². The molecule has 2 nitrogen and oxygen atoms in total. The van der Waals surface area contributed by atoms with Crippen LogP contribution in [0.2, 0.25) is 0 Å². The van der Waals surface area contributed by atoms with E-state index in [1.807, 2.05) is 0 Å². The Morgan fingerprint density at radius 1 is 0.882 bits per heavy atom. The lowest BCUT2D eigenvalue weighted by Crippen LogP contribution is -2.69. The maximum absolute atomic E-state index is 12.5. The third kappa shape index (κ3) is 4.84. The molecular formula is C19H21F13O2. The Kier molecular flexibility index (Phi) is 8.09. The minimum atomic E-state index is -7.80. The summed E-state index contributed by atoms with van der Waals surface area (Å²) in [5, 5.41) is 0. The van der Waals surface area contributed by atoms with E-state index in [4.69, 9.17) is 4.74 Å². The van der Waals surface area contributed by atoms with Crippen LogP contribution >= 0.6 is 0 Å². The quantitative estimate of drug-likeness (QED) is 0.195. The zero-order chi connectivity index (χ0) is 27.2. The number of alkyl halides is 13. The van der Waals surface area contributed by atoms with Gasteiger partial charge < -0.3 is 4.74 Å². The summed E-state index contributed by atoms with van der Waals surface area (Å²) in [5.41, 5.74) is -0.145. The number of carbonyl (C=O) groups excluding carboxylic acids is 1. The lowest BCUT2D eigenvalue weighted by Gasteiger charge is -2.38. The summed E-state index contributed by atoms with van der Waals surface area (Å²) in [6.07, 6.45) is -0.219. The van der Waals surface area contributed by atoms with Gasteiger partial charge in [-0.1, -0.05) is 13.5 Å². The first kappa shape index (κ1) is 30.3. The molecular weight excluding hydrogens is 507 g/mol. The van der Waals surface area contributed by atoms with Crippen LogP contribution in [0, 0.1) is 11.8 Å². The molecule has 3 atom stereocenters. The minimum Gasteiger partial charge on any atom is -0.456 e. The Bertz CT molecular complexity index is 718. The van der Waals surface area contributed by atoms with Crippen molar-refractivity contribution in [3.8, 4) is 0 Å². The lowest BCUT2D eigenvalue weighted by molar-refractivity contribution is -0.438. The van der Waals surface area contributed by atoms with Crippen molar-refractivity contribution in [3.05, 3.63) is 12.7 Å². The third-order valence-electron chi connectivity index (χ3n) is 6.08. The van der Waals surface area contributed by atoms with Gasteiger partial charge in [0.25, 0.3) is 0 Å². The van der Waals surface area contributed by atoms with Crippen molar-refractivity contribution in [2.75, 3.05) is 0 Å². The van der Waals surface area contributed by atoms with Gasteiger partial charge in [0.1, 0.15) is 5.60 Å². The van der Waals surface area contributed by atoms with Crippen LogP contribution < -0.4 is 0 Å². The summed E-state index contributed by atoms with van der Waals surface area (Å²) >= 11 is 0. The van der Waals surface area contributed by atoms with Gasteiger partial charge in [-0.15, -0.1) is 0 Å². The van der Waals surface area contributed by atoms with Crippen LogP contribution in [0.4, 0.5) is 57.1 Å². The zero-order valence-corrected chi connectivity index (χ0v) is 17.7. The van der Waals surface area contributed by atoms with E-state index in [0.717, 1.165) is 18.8 Å². The van der Waals surface area contributed by atoms with Crippen LogP contribution in [0.25, 0.3) is 0 Å². The molecule has 0 spiro atoms. The Morgan fingerprint density at radius 3 is 1.65 bits per heavy atom. The molecule has 0 amide bonds. The average molecular weight is 528 g/mol. The first-order chi connectivity index (χ1) is 14.9. The Morgan fingerprint density at radius 2 is 1.35 bits per heavy atom. The topological polar surface area (TPSA) is 26.3 Å². The van der Waals surface area contributed by atoms with Crippen molar-refractivity contribution in [2.24, 2.45) is 11.8 Å². The molecule has 15 heteroatoms. The van der Waals surface area contributed by atoms with E-state index >= 15 is 0 Å². The molecule has 0 radical (unpaired) electrons. The standard InChI is InChI=1S/C12H18O2.C7H3F13/c1-3-11(13)14-12(4-2)8-9-5-6-10(12)7-9;1-2(8,9)3(10,11)4(12,13)5(14,15)6(16,17)7(18,19)20/h3,9-10H,1,4-8H2,2H3;1H3. The number of carbonyl (C=O) groups is 1. The van der Waals surface area contributed by atoms with Gasteiger partial charge in [-0.25, -0.2) is 4.79 Å². The Labute approximate surface area is 185 Å². The van der Waals surface area contributed by atoms with E-state index < -0.39 is 42.7 Å². The van der Waals surface area contributed by atoms with Gasteiger partial charge >= 0.3 is 41.8 Å². The molecule has 0 aromatic carbocycles. The normalized spacial score (nSPS) is 26.1. The second-order valence-corrected chi connectivity index (χ2v) is 8.31. The fourth-order valence-electron chi connectivity index (χ4n) is 4.11. The molecule has 0 aliphatic heterocycles. The Balaban J connectivity index is 0.000000358. The molecule has 0 heterocycles. The van der Waals surface area contributed by atoms with Crippen LogP contribution in [-0.2, 0) is 9.53 Å². The molecule has 2 fully saturated rings. The van der Waals surface area contributed by atoms with Crippen molar-refractivity contribution >= 4 is 5.97 Å². The van der Waals surface area contributed by atoms with Gasteiger partial charge in [0.15, 0.2) is 0 Å².